The van der Waals surface area contributed by atoms with Gasteiger partial charge >= 0.3 is 5.97 Å². The lowest BCUT2D eigenvalue weighted by Gasteiger charge is -2.30. The molecular formula is C37H51N7O10. The van der Waals surface area contributed by atoms with Gasteiger partial charge in [0, 0.05) is 25.9 Å². The molecule has 2 aliphatic rings. The number of amides is 5. The largest absolute Gasteiger partial charge is 0.508 e. The molecular weight excluding hydrogens is 702 g/mol. The summed E-state index contributed by atoms with van der Waals surface area (Å²) in [5.74, 6) is -4.48. The number of rotatable bonds is 18. The van der Waals surface area contributed by atoms with E-state index in [1.807, 2.05) is 0 Å². The van der Waals surface area contributed by atoms with Crippen LogP contribution >= 0.6 is 0 Å². The van der Waals surface area contributed by atoms with Crippen LogP contribution < -0.4 is 27.4 Å². The van der Waals surface area contributed by atoms with Gasteiger partial charge in [-0.25, -0.2) is 4.79 Å². The Balaban J connectivity index is 1.59. The fourth-order valence-corrected chi connectivity index (χ4v) is 6.80. The number of benzene rings is 2. The molecule has 6 atom stereocenters. The topological polar surface area (TPSA) is 278 Å². The molecule has 2 heterocycles. The number of nitrogens with two attached hydrogens (primary N) is 2. The Hall–Kier alpha value is -5.26. The van der Waals surface area contributed by atoms with Crippen LogP contribution in [-0.4, -0.2) is 128 Å². The number of carboxylic acid groups (broad SMARTS) is 1. The van der Waals surface area contributed by atoms with Gasteiger partial charge in [-0.15, -0.1) is 0 Å². The first-order chi connectivity index (χ1) is 25.8. The van der Waals surface area contributed by atoms with Gasteiger partial charge in [-0.3, -0.25) is 24.0 Å². The molecule has 4 rings (SSSR count). The molecule has 0 spiro atoms. The lowest BCUT2D eigenvalue weighted by molar-refractivity contribution is -0.149. The minimum atomic E-state index is -1.26. The Morgan fingerprint density at radius 1 is 0.704 bits per heavy atom. The van der Waals surface area contributed by atoms with Gasteiger partial charge in [0.1, 0.15) is 47.8 Å². The zero-order valence-corrected chi connectivity index (χ0v) is 30.1. The smallest absolute Gasteiger partial charge is 0.326 e. The van der Waals surface area contributed by atoms with Crippen LogP contribution in [0.4, 0.5) is 0 Å². The molecule has 17 heteroatoms. The Morgan fingerprint density at radius 3 is 1.74 bits per heavy atom. The number of nitrogens with zero attached hydrogens (tertiary/aromatic N) is 2. The number of aliphatic carboxylic acids is 1. The summed E-state index contributed by atoms with van der Waals surface area (Å²) in [6, 6.07) is 5.06. The molecule has 2 fully saturated rings. The van der Waals surface area contributed by atoms with Crippen molar-refractivity contribution in [3.8, 4) is 11.5 Å². The van der Waals surface area contributed by atoms with Gasteiger partial charge in [0.15, 0.2) is 0 Å². The highest BCUT2D eigenvalue weighted by Gasteiger charge is 2.40. The normalized spacial score (nSPS) is 19.0. The zero-order valence-electron chi connectivity index (χ0n) is 30.1. The third-order valence-electron chi connectivity index (χ3n) is 9.75. The monoisotopic (exact) mass is 753 g/mol. The van der Waals surface area contributed by atoms with Crippen LogP contribution in [0, 0.1) is 0 Å². The number of hydrogen-bond acceptors (Lipinski definition) is 11. The summed E-state index contributed by atoms with van der Waals surface area (Å²) in [5.41, 5.74) is 12.6. The van der Waals surface area contributed by atoms with Gasteiger partial charge in [0.2, 0.25) is 29.5 Å². The van der Waals surface area contributed by atoms with Gasteiger partial charge < -0.3 is 57.6 Å². The van der Waals surface area contributed by atoms with Crippen LogP contribution in [-0.2, 0) is 41.6 Å². The van der Waals surface area contributed by atoms with Crippen molar-refractivity contribution >= 4 is 35.5 Å². The predicted molar refractivity (Wildman–Crippen MR) is 194 cm³/mol. The maximum Gasteiger partial charge on any atom is 0.326 e. The standard InChI is InChI=1S/C37H51N7O10/c38-16-2-1-5-27(32(48)42-29(20-23-10-14-25(47)15-11-23)36(52)44-18-4-7-31(44)37(53)54)40-33(49)28(19-22-8-12-24(46)13-9-22)41-34(50)30-6-3-17-43(30)35(51)26(39)21-45/h8-15,26-31,45-47H,1-7,16-21,38-39H2,(H,40,49)(H,41,50)(H,42,48)(H,53,54)/t26-,27-,28-,29-,30-,31-/m0/s1. The van der Waals surface area contributed by atoms with Crippen LogP contribution in [0.25, 0.3) is 0 Å². The van der Waals surface area contributed by atoms with E-state index >= 15 is 0 Å². The second kappa shape index (κ2) is 19.7. The molecule has 2 aliphatic heterocycles. The Morgan fingerprint density at radius 2 is 1.20 bits per heavy atom. The van der Waals surface area contributed by atoms with E-state index in [1.165, 1.54) is 34.1 Å². The molecule has 5 amide bonds. The van der Waals surface area contributed by atoms with Crippen molar-refractivity contribution in [1.29, 1.82) is 0 Å². The van der Waals surface area contributed by atoms with Crippen molar-refractivity contribution < 1.29 is 49.2 Å². The van der Waals surface area contributed by atoms with Crippen molar-refractivity contribution in [1.82, 2.24) is 25.8 Å². The number of aromatic hydroxyl groups is 2. The Labute approximate surface area is 313 Å². The van der Waals surface area contributed by atoms with Gasteiger partial charge in [0.05, 0.1) is 6.61 Å². The number of aliphatic hydroxyl groups excluding tert-OH is 1. The SMILES string of the molecule is NCCCC[C@H](NC(=O)[C@H](Cc1ccc(O)cc1)NC(=O)[C@@H]1CCCN1C(=O)[C@@H](N)CO)C(=O)N[C@@H](Cc1ccc(O)cc1)C(=O)N1CCC[C@H]1C(=O)O. The quantitative estimate of drug-likeness (QED) is 0.0817. The minimum absolute atomic E-state index is 0.00579. The number of carbonyl (C=O) groups is 6. The van der Waals surface area contributed by atoms with E-state index in [0.29, 0.717) is 49.8 Å². The predicted octanol–water partition coefficient (Wildman–Crippen LogP) is -1.15. The summed E-state index contributed by atoms with van der Waals surface area (Å²) in [6.45, 7) is 0.120. The van der Waals surface area contributed by atoms with E-state index in [4.69, 9.17) is 11.5 Å². The van der Waals surface area contributed by atoms with E-state index in [9.17, 15) is 49.2 Å². The fourth-order valence-electron chi connectivity index (χ4n) is 6.80. The molecule has 0 saturated carbocycles. The molecule has 294 valence electrons. The van der Waals surface area contributed by atoms with Gasteiger partial charge in [-0.05, 0) is 86.9 Å². The number of likely N-dealkylation sites (tertiary alicyclic amines) is 2. The molecule has 0 aliphatic carbocycles. The molecule has 0 bridgehead atoms. The average molecular weight is 754 g/mol. The number of carbonyl (C=O) groups excluding carboxylic acids is 5. The lowest BCUT2D eigenvalue weighted by atomic mass is 10.0. The summed E-state index contributed by atoms with van der Waals surface area (Å²) < 4.78 is 0. The van der Waals surface area contributed by atoms with Crippen molar-refractivity contribution in [3.63, 3.8) is 0 Å². The molecule has 0 aromatic heterocycles. The van der Waals surface area contributed by atoms with Crippen LogP contribution in [0.1, 0.15) is 56.1 Å². The summed E-state index contributed by atoms with van der Waals surface area (Å²) in [5, 5.41) is 47.0. The fraction of sp³-hybridized carbons (Fsp3) is 0.514. The second-order valence-electron chi connectivity index (χ2n) is 13.7. The highest BCUT2D eigenvalue weighted by molar-refractivity contribution is 5.96. The summed E-state index contributed by atoms with van der Waals surface area (Å²) in [6.07, 6.45) is 2.46. The lowest BCUT2D eigenvalue weighted by Crippen LogP contribution is -2.59. The molecule has 0 radical (unpaired) electrons. The Bertz CT molecular complexity index is 1620. The van der Waals surface area contributed by atoms with Crippen LogP contribution in [0.3, 0.4) is 0 Å². The molecule has 2 aromatic rings. The van der Waals surface area contributed by atoms with Gasteiger partial charge in [-0.1, -0.05) is 24.3 Å². The van der Waals surface area contributed by atoms with E-state index in [1.54, 1.807) is 24.3 Å². The maximum atomic E-state index is 14.1. The molecule has 17 nitrogen and oxygen atoms in total. The van der Waals surface area contributed by atoms with Crippen LogP contribution in [0.2, 0.25) is 0 Å². The number of unbranched alkanes of at least 4 members (excludes halogenated alkanes) is 1. The van der Waals surface area contributed by atoms with Crippen molar-refractivity contribution in [3.05, 3.63) is 59.7 Å². The Kier molecular flexibility index (Phi) is 15.1. The van der Waals surface area contributed by atoms with E-state index in [2.05, 4.69) is 16.0 Å². The average Bonchev–Trinajstić information content (AvgIpc) is 3.86. The molecule has 54 heavy (non-hydrogen) atoms. The second-order valence-corrected chi connectivity index (χ2v) is 13.7. The van der Waals surface area contributed by atoms with Crippen molar-refractivity contribution in [2.45, 2.75) is 94.0 Å². The number of hydrogen-bond donors (Lipinski definition) is 9. The minimum Gasteiger partial charge on any atom is -0.508 e. The number of aliphatic hydroxyl groups is 1. The van der Waals surface area contributed by atoms with Crippen LogP contribution in [0.5, 0.6) is 11.5 Å². The zero-order chi connectivity index (χ0) is 39.4. The number of phenols is 2. The summed E-state index contributed by atoms with van der Waals surface area (Å²) in [4.78, 5) is 82.9. The van der Waals surface area contributed by atoms with Crippen molar-refractivity contribution in [2.75, 3.05) is 26.2 Å². The van der Waals surface area contributed by atoms with E-state index in [-0.39, 0.29) is 50.3 Å². The van der Waals surface area contributed by atoms with Gasteiger partial charge in [-0.2, -0.15) is 0 Å². The molecule has 11 N–H and O–H groups in total. The molecule has 2 aromatic carbocycles. The van der Waals surface area contributed by atoms with E-state index < -0.39 is 78.4 Å². The first-order valence-electron chi connectivity index (χ1n) is 18.2. The summed E-state index contributed by atoms with van der Waals surface area (Å²) >= 11 is 0. The maximum absolute atomic E-state index is 14.1. The third kappa shape index (κ3) is 11.1. The third-order valence-corrected chi connectivity index (χ3v) is 9.75. The van der Waals surface area contributed by atoms with E-state index in [0.717, 1.165) is 0 Å². The van der Waals surface area contributed by atoms with Crippen molar-refractivity contribution in [2.24, 2.45) is 11.5 Å². The number of nitrogens with one attached hydrogen (secondary N) is 3. The summed E-state index contributed by atoms with van der Waals surface area (Å²) in [7, 11) is 0. The van der Waals surface area contributed by atoms with Gasteiger partial charge in [0.25, 0.3) is 0 Å². The first-order valence-corrected chi connectivity index (χ1v) is 18.2. The number of carboxylic acids is 1. The molecule has 2 saturated heterocycles. The highest BCUT2D eigenvalue weighted by Crippen LogP contribution is 2.22. The highest BCUT2D eigenvalue weighted by atomic mass is 16.4. The number of phenolic OH excluding ortho intramolecular Hbond substituents is 2. The molecule has 0 unspecified atom stereocenters. The van der Waals surface area contributed by atoms with Crippen LogP contribution in [0.15, 0.2) is 48.5 Å². The first kappa shape index (κ1) is 41.5.